The molecular weight excluding hydrogens is 348 g/mol. The molecule has 3 nitrogen and oxygen atoms in total. The van der Waals surface area contributed by atoms with Crippen LogP contribution < -0.4 is 11.1 Å². The Bertz CT molecular complexity index is 700. The van der Waals surface area contributed by atoms with E-state index in [1.165, 1.54) is 0 Å². The molecule has 0 radical (unpaired) electrons. The lowest BCUT2D eigenvalue weighted by Gasteiger charge is -2.09. The van der Waals surface area contributed by atoms with E-state index >= 15 is 0 Å². The van der Waals surface area contributed by atoms with Crippen molar-refractivity contribution in [3.8, 4) is 0 Å². The van der Waals surface area contributed by atoms with E-state index in [2.05, 4.69) is 21.2 Å². The largest absolute Gasteiger partial charge is 0.389 e. The Kier molecular flexibility index (Phi) is 5.09. The molecule has 5 heteroatoms. The van der Waals surface area contributed by atoms with Crippen LogP contribution >= 0.6 is 28.1 Å². The van der Waals surface area contributed by atoms with Crippen LogP contribution in [0.4, 0.5) is 0 Å². The summed E-state index contributed by atoms with van der Waals surface area (Å²) >= 11 is 8.33. The van der Waals surface area contributed by atoms with Crippen LogP contribution in [0.5, 0.6) is 0 Å². The number of carbonyl (C=O) groups excluding carboxylic acids is 1. The molecule has 108 valence electrons. The summed E-state index contributed by atoms with van der Waals surface area (Å²) in [7, 11) is 0. The molecule has 0 saturated heterocycles. The van der Waals surface area contributed by atoms with Crippen LogP contribution in [0, 0.1) is 6.92 Å². The first-order valence-electron chi connectivity index (χ1n) is 6.40. The summed E-state index contributed by atoms with van der Waals surface area (Å²) in [5.41, 5.74) is 8.97. The molecular formula is C16H15BrN2OS. The predicted molar refractivity (Wildman–Crippen MR) is 92.4 cm³/mol. The lowest BCUT2D eigenvalue weighted by Crippen LogP contribution is -2.23. The topological polar surface area (TPSA) is 55.1 Å². The van der Waals surface area contributed by atoms with Crippen LogP contribution in [0.1, 0.15) is 27.0 Å². The van der Waals surface area contributed by atoms with Crippen molar-refractivity contribution in [1.82, 2.24) is 5.32 Å². The number of benzene rings is 2. The van der Waals surface area contributed by atoms with Gasteiger partial charge in [-0.15, -0.1) is 0 Å². The summed E-state index contributed by atoms with van der Waals surface area (Å²) in [5, 5.41) is 2.91. The number of aryl methyl sites for hydroxylation is 1. The van der Waals surface area contributed by atoms with Gasteiger partial charge in [0.05, 0.1) is 0 Å². The van der Waals surface area contributed by atoms with E-state index < -0.39 is 0 Å². The van der Waals surface area contributed by atoms with E-state index in [4.69, 9.17) is 18.0 Å². The van der Waals surface area contributed by atoms with Gasteiger partial charge in [0, 0.05) is 22.1 Å². The number of hydrogen-bond donors (Lipinski definition) is 2. The number of carbonyl (C=O) groups is 1. The SMILES string of the molecule is Cc1ccc(Br)cc1C(=O)NCc1cccc(C(N)=S)c1. The van der Waals surface area contributed by atoms with Crippen LogP contribution in [0.25, 0.3) is 0 Å². The van der Waals surface area contributed by atoms with Crippen LogP contribution in [0.15, 0.2) is 46.9 Å². The van der Waals surface area contributed by atoms with Crippen molar-refractivity contribution < 1.29 is 4.79 Å². The van der Waals surface area contributed by atoms with Crippen molar-refractivity contribution in [3.05, 3.63) is 69.2 Å². The molecule has 0 saturated carbocycles. The number of hydrogen-bond acceptors (Lipinski definition) is 2. The van der Waals surface area contributed by atoms with E-state index in [1.54, 1.807) is 0 Å². The highest BCUT2D eigenvalue weighted by atomic mass is 79.9. The van der Waals surface area contributed by atoms with E-state index in [1.807, 2.05) is 49.4 Å². The highest BCUT2D eigenvalue weighted by molar-refractivity contribution is 9.10. The molecule has 0 aliphatic rings. The summed E-state index contributed by atoms with van der Waals surface area (Å²) in [5.74, 6) is -0.102. The monoisotopic (exact) mass is 362 g/mol. The van der Waals surface area contributed by atoms with Gasteiger partial charge in [-0.25, -0.2) is 0 Å². The zero-order valence-electron chi connectivity index (χ0n) is 11.5. The van der Waals surface area contributed by atoms with Gasteiger partial charge in [0.15, 0.2) is 0 Å². The zero-order valence-corrected chi connectivity index (χ0v) is 13.9. The van der Waals surface area contributed by atoms with Gasteiger partial charge in [-0.05, 0) is 36.2 Å². The molecule has 0 atom stereocenters. The summed E-state index contributed by atoms with van der Waals surface area (Å²) in [6.07, 6.45) is 0. The third-order valence-corrected chi connectivity index (χ3v) is 3.84. The summed E-state index contributed by atoms with van der Waals surface area (Å²) < 4.78 is 0.883. The minimum Gasteiger partial charge on any atom is -0.389 e. The highest BCUT2D eigenvalue weighted by Crippen LogP contribution is 2.16. The van der Waals surface area contributed by atoms with E-state index in [0.717, 1.165) is 21.2 Å². The van der Waals surface area contributed by atoms with Gasteiger partial charge in [-0.2, -0.15) is 0 Å². The average Bonchev–Trinajstić information content (AvgIpc) is 2.47. The van der Waals surface area contributed by atoms with Crippen molar-refractivity contribution in [2.45, 2.75) is 13.5 Å². The number of halogens is 1. The standard InChI is InChI=1S/C16H15BrN2OS/c1-10-5-6-13(17)8-14(10)16(20)19-9-11-3-2-4-12(7-11)15(18)21/h2-8H,9H2,1H3,(H2,18,21)(H,19,20). The number of nitrogens with two attached hydrogens (primary N) is 1. The van der Waals surface area contributed by atoms with Crippen molar-refractivity contribution in [1.29, 1.82) is 0 Å². The van der Waals surface area contributed by atoms with Crippen LogP contribution in [0.2, 0.25) is 0 Å². The minimum atomic E-state index is -0.102. The number of thiocarbonyl (C=S) groups is 1. The molecule has 2 aromatic carbocycles. The highest BCUT2D eigenvalue weighted by Gasteiger charge is 2.09. The first-order valence-corrected chi connectivity index (χ1v) is 7.60. The fraction of sp³-hybridized carbons (Fsp3) is 0.125. The molecule has 2 aromatic rings. The van der Waals surface area contributed by atoms with Gasteiger partial charge in [0.1, 0.15) is 4.99 Å². The first-order chi connectivity index (χ1) is 9.97. The fourth-order valence-electron chi connectivity index (χ4n) is 1.95. The zero-order chi connectivity index (χ0) is 15.4. The summed E-state index contributed by atoms with van der Waals surface area (Å²) in [6.45, 7) is 2.34. The lowest BCUT2D eigenvalue weighted by molar-refractivity contribution is 0.0950. The summed E-state index contributed by atoms with van der Waals surface area (Å²) in [4.78, 5) is 12.6. The van der Waals surface area contributed by atoms with Crippen molar-refractivity contribution >= 4 is 39.0 Å². The predicted octanol–water partition coefficient (Wildman–Crippen LogP) is 3.32. The maximum absolute atomic E-state index is 12.2. The van der Waals surface area contributed by atoms with Crippen molar-refractivity contribution in [2.24, 2.45) is 5.73 Å². The van der Waals surface area contributed by atoms with Crippen molar-refractivity contribution in [2.75, 3.05) is 0 Å². The van der Waals surface area contributed by atoms with Gasteiger partial charge >= 0.3 is 0 Å². The van der Waals surface area contributed by atoms with Crippen molar-refractivity contribution in [3.63, 3.8) is 0 Å². The molecule has 0 heterocycles. The van der Waals surface area contributed by atoms with Crippen LogP contribution in [-0.4, -0.2) is 10.9 Å². The Hall–Kier alpha value is -1.72. The average molecular weight is 363 g/mol. The molecule has 0 spiro atoms. The number of rotatable bonds is 4. The second-order valence-corrected chi connectivity index (χ2v) is 6.06. The molecule has 3 N–H and O–H groups in total. The molecule has 0 aliphatic carbocycles. The van der Waals surface area contributed by atoms with E-state index in [0.29, 0.717) is 17.1 Å². The Morgan fingerprint density at radius 3 is 2.76 bits per heavy atom. The Balaban J connectivity index is 2.09. The van der Waals surface area contributed by atoms with E-state index in [-0.39, 0.29) is 5.91 Å². The molecule has 0 aliphatic heterocycles. The molecule has 1 amide bonds. The van der Waals surface area contributed by atoms with Gasteiger partial charge in [-0.3, -0.25) is 4.79 Å². The number of nitrogens with one attached hydrogen (secondary N) is 1. The normalized spacial score (nSPS) is 10.2. The van der Waals surface area contributed by atoms with Gasteiger partial charge < -0.3 is 11.1 Å². The maximum atomic E-state index is 12.2. The lowest BCUT2D eigenvalue weighted by atomic mass is 10.1. The van der Waals surface area contributed by atoms with Crippen LogP contribution in [0.3, 0.4) is 0 Å². The smallest absolute Gasteiger partial charge is 0.251 e. The molecule has 2 rings (SSSR count). The molecule has 0 aromatic heterocycles. The van der Waals surface area contributed by atoms with Gasteiger partial charge in [0.2, 0.25) is 0 Å². The van der Waals surface area contributed by atoms with Gasteiger partial charge in [-0.1, -0.05) is 52.4 Å². The molecule has 21 heavy (non-hydrogen) atoms. The second kappa shape index (κ2) is 6.83. The van der Waals surface area contributed by atoms with Gasteiger partial charge in [0.25, 0.3) is 5.91 Å². The molecule has 0 fully saturated rings. The van der Waals surface area contributed by atoms with E-state index in [9.17, 15) is 4.79 Å². The Labute approximate surface area is 137 Å². The molecule has 0 bridgehead atoms. The first kappa shape index (κ1) is 15.7. The molecule has 0 unspecified atom stereocenters. The third kappa shape index (κ3) is 4.12. The Morgan fingerprint density at radius 2 is 2.05 bits per heavy atom. The second-order valence-electron chi connectivity index (χ2n) is 4.71. The fourth-order valence-corrected chi connectivity index (χ4v) is 2.44. The minimum absolute atomic E-state index is 0.102. The van der Waals surface area contributed by atoms with Crippen LogP contribution in [-0.2, 0) is 6.54 Å². The Morgan fingerprint density at radius 1 is 1.29 bits per heavy atom. The maximum Gasteiger partial charge on any atom is 0.251 e. The quantitative estimate of drug-likeness (QED) is 0.820. The number of amides is 1. The third-order valence-electron chi connectivity index (χ3n) is 3.11. The summed E-state index contributed by atoms with van der Waals surface area (Å²) in [6, 6.07) is 13.2.